The molecule has 4 aromatic carbocycles. The average molecular weight is 648 g/mol. The van der Waals surface area contributed by atoms with Crippen molar-refractivity contribution in [2.45, 2.75) is 13.8 Å². The largest absolute Gasteiger partial charge is 0.457 e. The van der Waals surface area contributed by atoms with Crippen molar-refractivity contribution in [1.29, 1.82) is 0 Å². The molecule has 238 valence electrons. The highest BCUT2D eigenvalue weighted by atomic mass is 16.5. The van der Waals surface area contributed by atoms with Gasteiger partial charge in [0.05, 0.1) is 11.0 Å². The van der Waals surface area contributed by atoms with E-state index in [1.165, 1.54) is 24.8 Å². The van der Waals surface area contributed by atoms with Crippen molar-refractivity contribution in [2.24, 2.45) is 0 Å². The molecule has 0 radical (unpaired) electrons. The van der Waals surface area contributed by atoms with Gasteiger partial charge in [0.1, 0.15) is 47.2 Å². The minimum absolute atomic E-state index is 0.0628. The van der Waals surface area contributed by atoms with E-state index in [4.69, 9.17) is 23.1 Å². The molecule has 4 aromatic heterocycles. The summed E-state index contributed by atoms with van der Waals surface area (Å²) in [7, 11) is 0. The van der Waals surface area contributed by atoms with Crippen LogP contribution in [0.1, 0.15) is 15.2 Å². The number of hydrogen-bond acceptors (Lipinski definition) is 9. The van der Waals surface area contributed by atoms with E-state index in [9.17, 15) is 0 Å². The number of fused-ring (bicyclic) bond motifs is 3. The number of benzene rings is 4. The number of aromatic nitrogens is 6. The molecule has 0 saturated heterocycles. The van der Waals surface area contributed by atoms with Crippen molar-refractivity contribution < 1.29 is 23.1 Å². The summed E-state index contributed by atoms with van der Waals surface area (Å²) in [5.41, 5.74) is 2.54. The van der Waals surface area contributed by atoms with Crippen molar-refractivity contribution in [1.82, 2.24) is 29.5 Å². The van der Waals surface area contributed by atoms with Gasteiger partial charge in [-0.15, -0.1) is 0 Å². The summed E-state index contributed by atoms with van der Waals surface area (Å²) in [6.45, 7) is -0.435. The fourth-order valence-corrected chi connectivity index (χ4v) is 5.52. The minimum atomic E-state index is -2.40. The minimum Gasteiger partial charge on any atom is -0.457 e. The average Bonchev–Trinajstić information content (AvgIpc) is 3.45. The fraction of sp³-hybridized carbons (Fsp3) is 0.0513. The summed E-state index contributed by atoms with van der Waals surface area (Å²) < 4.78 is 50.5. The van der Waals surface area contributed by atoms with Crippen LogP contribution in [0.4, 0.5) is 0 Å². The molecule has 4 heterocycles. The SMILES string of the molecule is [2H]C([2H])([2H])c1cc(Oc2ccc3c4ccc(Oc5cc(C)cc(Oc6ccccn6)c5)cc4n(-c4ncncn4)c3c2)cc(Oc2ccccn2)c1. The van der Waals surface area contributed by atoms with Crippen LogP contribution in [0, 0.1) is 13.8 Å². The van der Waals surface area contributed by atoms with E-state index in [-0.39, 0.29) is 17.1 Å². The Hall–Kier alpha value is -6.81. The predicted octanol–water partition coefficient (Wildman–Crippen LogP) is 9.54. The number of hydrogen-bond donors (Lipinski definition) is 0. The molecular weight excluding hydrogens is 616 g/mol. The number of nitrogens with zero attached hydrogens (tertiary/aromatic N) is 6. The van der Waals surface area contributed by atoms with Crippen LogP contribution in [-0.4, -0.2) is 29.5 Å². The van der Waals surface area contributed by atoms with Crippen molar-refractivity contribution in [3.05, 3.63) is 145 Å². The molecular formula is C39H28N6O4. The van der Waals surface area contributed by atoms with Crippen LogP contribution in [0.25, 0.3) is 27.8 Å². The Labute approximate surface area is 285 Å². The molecule has 0 spiro atoms. The van der Waals surface area contributed by atoms with Gasteiger partial charge < -0.3 is 18.9 Å². The van der Waals surface area contributed by atoms with Gasteiger partial charge in [-0.2, -0.15) is 0 Å². The summed E-state index contributed by atoms with van der Waals surface area (Å²) in [4.78, 5) is 21.4. The van der Waals surface area contributed by atoms with E-state index >= 15 is 0 Å². The highest BCUT2D eigenvalue weighted by Gasteiger charge is 2.17. The van der Waals surface area contributed by atoms with Gasteiger partial charge in [-0.3, -0.25) is 4.57 Å². The maximum atomic E-state index is 8.04. The van der Waals surface area contributed by atoms with E-state index in [0.717, 1.165) is 27.4 Å². The van der Waals surface area contributed by atoms with Crippen molar-refractivity contribution in [2.75, 3.05) is 0 Å². The molecule has 10 nitrogen and oxygen atoms in total. The van der Waals surface area contributed by atoms with E-state index in [2.05, 4.69) is 24.9 Å². The third-order valence-corrected chi connectivity index (χ3v) is 7.49. The van der Waals surface area contributed by atoms with Gasteiger partial charge in [0.2, 0.25) is 17.7 Å². The van der Waals surface area contributed by atoms with E-state index < -0.39 is 6.85 Å². The Bertz CT molecular complexity index is 2530. The number of rotatable bonds is 9. The van der Waals surface area contributed by atoms with Gasteiger partial charge in [0, 0.05) is 63.7 Å². The molecule has 0 aliphatic rings. The highest BCUT2D eigenvalue weighted by Crippen LogP contribution is 2.38. The summed E-state index contributed by atoms with van der Waals surface area (Å²) in [6.07, 6.45) is 6.13. The van der Waals surface area contributed by atoms with Crippen molar-refractivity contribution in [3.8, 4) is 52.2 Å². The maximum absolute atomic E-state index is 8.04. The normalized spacial score (nSPS) is 12.2. The molecule has 0 N–H and O–H groups in total. The first kappa shape index (κ1) is 26.3. The van der Waals surface area contributed by atoms with Crippen molar-refractivity contribution >= 4 is 21.8 Å². The second-order valence-electron chi connectivity index (χ2n) is 11.1. The lowest BCUT2D eigenvalue weighted by Gasteiger charge is -2.11. The fourth-order valence-electron chi connectivity index (χ4n) is 5.52. The predicted molar refractivity (Wildman–Crippen MR) is 185 cm³/mol. The van der Waals surface area contributed by atoms with Crippen LogP contribution < -0.4 is 18.9 Å². The quantitative estimate of drug-likeness (QED) is 0.151. The molecule has 10 heteroatoms. The molecule has 0 bridgehead atoms. The Morgan fingerprint density at radius 3 is 1.51 bits per heavy atom. The molecule has 0 aliphatic heterocycles. The summed E-state index contributed by atoms with van der Waals surface area (Å²) >= 11 is 0. The smallest absolute Gasteiger partial charge is 0.237 e. The number of ether oxygens (including phenoxy) is 4. The second-order valence-corrected chi connectivity index (χ2v) is 11.1. The molecule has 8 aromatic rings. The zero-order valence-electron chi connectivity index (χ0n) is 29.0. The van der Waals surface area contributed by atoms with Crippen LogP contribution in [0.2, 0.25) is 0 Å². The van der Waals surface area contributed by atoms with E-state index in [1.807, 2.05) is 78.2 Å². The second kappa shape index (κ2) is 12.8. The van der Waals surface area contributed by atoms with Gasteiger partial charge in [-0.05, 0) is 85.6 Å². The molecule has 8 rings (SSSR count). The number of aryl methyl sites for hydroxylation is 2. The van der Waals surface area contributed by atoms with Crippen LogP contribution in [0.3, 0.4) is 0 Å². The Balaban J connectivity index is 1.17. The van der Waals surface area contributed by atoms with Crippen LogP contribution in [0.5, 0.6) is 46.3 Å². The standard InChI is InChI=1S/C39H28N6O4/c1-25-15-29(19-31(17-25)48-37-7-3-5-13-41-37)46-27-9-11-33-34-12-10-28(22-36(34)45(35(33)21-27)39-43-23-40-24-44-39)47-30-16-26(2)18-32(20-30)49-38-8-4-6-14-42-38/h3-24H,1-2H3/i1D3. The van der Waals surface area contributed by atoms with E-state index in [1.54, 1.807) is 42.7 Å². The van der Waals surface area contributed by atoms with Gasteiger partial charge >= 0.3 is 0 Å². The Morgan fingerprint density at radius 2 is 1.02 bits per heavy atom. The third kappa shape index (κ3) is 6.43. The molecule has 0 atom stereocenters. The molecule has 0 unspecified atom stereocenters. The van der Waals surface area contributed by atoms with E-state index in [0.29, 0.717) is 40.7 Å². The lowest BCUT2D eigenvalue weighted by Crippen LogP contribution is -2.01. The first-order valence-electron chi connectivity index (χ1n) is 16.8. The molecule has 49 heavy (non-hydrogen) atoms. The van der Waals surface area contributed by atoms with Crippen LogP contribution >= 0.6 is 0 Å². The molecule has 0 saturated carbocycles. The van der Waals surface area contributed by atoms with Gasteiger partial charge in [0.25, 0.3) is 0 Å². The summed E-state index contributed by atoms with van der Waals surface area (Å²) in [6, 6.07) is 32.3. The van der Waals surface area contributed by atoms with Gasteiger partial charge in [0.15, 0.2) is 0 Å². The zero-order chi connectivity index (χ0) is 35.7. The van der Waals surface area contributed by atoms with Crippen LogP contribution in [0.15, 0.2) is 134 Å². The molecule has 0 aliphatic carbocycles. The lowest BCUT2D eigenvalue weighted by atomic mass is 10.1. The Morgan fingerprint density at radius 1 is 0.510 bits per heavy atom. The third-order valence-electron chi connectivity index (χ3n) is 7.49. The first-order valence-corrected chi connectivity index (χ1v) is 15.3. The first-order chi connectivity index (χ1) is 25.2. The summed E-state index contributed by atoms with van der Waals surface area (Å²) in [5, 5.41) is 1.83. The summed E-state index contributed by atoms with van der Waals surface area (Å²) in [5.74, 6) is 3.97. The zero-order valence-corrected chi connectivity index (χ0v) is 26.0. The monoisotopic (exact) mass is 647 g/mol. The maximum Gasteiger partial charge on any atom is 0.237 e. The molecule has 0 fully saturated rings. The van der Waals surface area contributed by atoms with Crippen molar-refractivity contribution in [3.63, 3.8) is 0 Å². The molecule has 0 amide bonds. The topological polar surface area (TPSA) is 106 Å². The van der Waals surface area contributed by atoms with Gasteiger partial charge in [-0.25, -0.2) is 24.9 Å². The van der Waals surface area contributed by atoms with Gasteiger partial charge in [-0.1, -0.05) is 12.1 Å². The van der Waals surface area contributed by atoms with Crippen LogP contribution in [-0.2, 0) is 0 Å². The Kier molecular flexibility index (Phi) is 6.85. The lowest BCUT2D eigenvalue weighted by molar-refractivity contribution is 0.448. The highest BCUT2D eigenvalue weighted by molar-refractivity contribution is 6.09. The number of pyridine rings is 2.